The van der Waals surface area contributed by atoms with Crippen LogP contribution >= 0.6 is 0 Å². The summed E-state index contributed by atoms with van der Waals surface area (Å²) in [5, 5.41) is 7.58. The van der Waals surface area contributed by atoms with Crippen LogP contribution in [0.4, 0.5) is 0 Å². The SMILES string of the molecule is COCC(C)(C)CNC1CCCC1C1CCCCN1. The zero-order valence-corrected chi connectivity index (χ0v) is 13.0. The lowest BCUT2D eigenvalue weighted by molar-refractivity contribution is 0.0985. The van der Waals surface area contributed by atoms with Crippen molar-refractivity contribution in [3.63, 3.8) is 0 Å². The van der Waals surface area contributed by atoms with Crippen molar-refractivity contribution >= 4 is 0 Å². The molecule has 0 amide bonds. The second-order valence-electron chi connectivity index (χ2n) is 7.24. The Morgan fingerprint density at radius 3 is 2.68 bits per heavy atom. The first-order valence-corrected chi connectivity index (χ1v) is 8.08. The van der Waals surface area contributed by atoms with Crippen molar-refractivity contribution in [1.82, 2.24) is 10.6 Å². The van der Waals surface area contributed by atoms with Gasteiger partial charge in [-0.25, -0.2) is 0 Å². The highest BCUT2D eigenvalue weighted by atomic mass is 16.5. The third-order valence-electron chi connectivity index (χ3n) is 4.81. The molecule has 2 fully saturated rings. The summed E-state index contributed by atoms with van der Waals surface area (Å²) in [6.07, 6.45) is 8.31. The van der Waals surface area contributed by atoms with E-state index in [1.54, 1.807) is 7.11 Å². The number of hydrogen-bond acceptors (Lipinski definition) is 3. The van der Waals surface area contributed by atoms with Crippen molar-refractivity contribution in [1.29, 1.82) is 0 Å². The first-order valence-electron chi connectivity index (χ1n) is 8.08. The Labute approximate surface area is 118 Å². The molecule has 2 aliphatic rings. The lowest BCUT2D eigenvalue weighted by Gasteiger charge is -2.35. The van der Waals surface area contributed by atoms with Gasteiger partial charge in [0.05, 0.1) is 6.61 Å². The molecule has 1 saturated carbocycles. The van der Waals surface area contributed by atoms with Gasteiger partial charge in [0.15, 0.2) is 0 Å². The minimum absolute atomic E-state index is 0.238. The van der Waals surface area contributed by atoms with E-state index in [9.17, 15) is 0 Å². The Morgan fingerprint density at radius 2 is 2.00 bits per heavy atom. The molecule has 3 nitrogen and oxygen atoms in total. The predicted molar refractivity (Wildman–Crippen MR) is 80.4 cm³/mol. The van der Waals surface area contributed by atoms with Gasteiger partial charge in [0, 0.05) is 31.2 Å². The highest BCUT2D eigenvalue weighted by Crippen LogP contribution is 2.32. The molecule has 3 unspecified atom stereocenters. The Kier molecular flexibility index (Phi) is 5.67. The van der Waals surface area contributed by atoms with Crippen molar-refractivity contribution in [3.05, 3.63) is 0 Å². The van der Waals surface area contributed by atoms with Crippen LogP contribution in [0.3, 0.4) is 0 Å². The van der Waals surface area contributed by atoms with Crippen molar-refractivity contribution in [2.45, 2.75) is 64.5 Å². The minimum atomic E-state index is 0.238. The van der Waals surface area contributed by atoms with Crippen LogP contribution in [0.25, 0.3) is 0 Å². The summed E-state index contributed by atoms with van der Waals surface area (Å²) in [6, 6.07) is 1.48. The van der Waals surface area contributed by atoms with E-state index in [-0.39, 0.29) is 5.41 Å². The van der Waals surface area contributed by atoms with E-state index in [0.717, 1.165) is 25.1 Å². The topological polar surface area (TPSA) is 33.3 Å². The summed E-state index contributed by atoms with van der Waals surface area (Å²) in [5.74, 6) is 0.846. The first kappa shape index (κ1) is 15.3. The zero-order chi connectivity index (χ0) is 13.7. The van der Waals surface area contributed by atoms with E-state index in [4.69, 9.17) is 4.74 Å². The maximum atomic E-state index is 5.31. The molecule has 0 aromatic heterocycles. The number of methoxy groups -OCH3 is 1. The van der Waals surface area contributed by atoms with Gasteiger partial charge in [-0.3, -0.25) is 0 Å². The fourth-order valence-electron chi connectivity index (χ4n) is 3.82. The van der Waals surface area contributed by atoms with E-state index in [2.05, 4.69) is 24.5 Å². The largest absolute Gasteiger partial charge is 0.384 e. The lowest BCUT2D eigenvalue weighted by atomic mass is 9.87. The van der Waals surface area contributed by atoms with Gasteiger partial charge in [-0.1, -0.05) is 26.7 Å². The smallest absolute Gasteiger partial charge is 0.0525 e. The van der Waals surface area contributed by atoms with Gasteiger partial charge in [-0.2, -0.15) is 0 Å². The van der Waals surface area contributed by atoms with Crippen LogP contribution in [0.5, 0.6) is 0 Å². The summed E-state index contributed by atoms with van der Waals surface area (Å²) in [5.41, 5.74) is 0.238. The molecular weight excluding hydrogens is 236 g/mol. The molecule has 112 valence electrons. The fraction of sp³-hybridized carbons (Fsp3) is 1.00. The molecule has 1 saturated heterocycles. The molecule has 3 atom stereocenters. The monoisotopic (exact) mass is 268 g/mol. The second kappa shape index (κ2) is 7.05. The van der Waals surface area contributed by atoms with Crippen LogP contribution in [0.2, 0.25) is 0 Å². The van der Waals surface area contributed by atoms with Gasteiger partial charge >= 0.3 is 0 Å². The highest BCUT2D eigenvalue weighted by Gasteiger charge is 2.34. The first-order chi connectivity index (χ1) is 9.12. The summed E-state index contributed by atoms with van der Waals surface area (Å²) in [6.45, 7) is 7.69. The molecule has 0 aromatic carbocycles. The standard InChI is InChI=1S/C16H32N2O/c1-16(2,12-19-3)11-18-15-9-6-7-13(15)14-8-4-5-10-17-14/h13-15,17-18H,4-12H2,1-3H3. The maximum absolute atomic E-state index is 5.31. The van der Waals surface area contributed by atoms with Crippen LogP contribution in [-0.2, 0) is 4.74 Å². The maximum Gasteiger partial charge on any atom is 0.0525 e. The third-order valence-corrected chi connectivity index (χ3v) is 4.81. The second-order valence-corrected chi connectivity index (χ2v) is 7.24. The normalized spacial score (nSPS) is 32.7. The number of hydrogen-bond donors (Lipinski definition) is 2. The van der Waals surface area contributed by atoms with Gasteiger partial charge in [-0.05, 0) is 38.1 Å². The van der Waals surface area contributed by atoms with Gasteiger partial charge in [0.2, 0.25) is 0 Å². The summed E-state index contributed by atoms with van der Waals surface area (Å²) in [7, 11) is 1.80. The van der Waals surface area contributed by atoms with Gasteiger partial charge in [-0.15, -0.1) is 0 Å². The zero-order valence-electron chi connectivity index (χ0n) is 13.0. The Hall–Kier alpha value is -0.120. The number of piperidine rings is 1. The average Bonchev–Trinajstić information content (AvgIpc) is 2.86. The number of ether oxygens (including phenoxy) is 1. The molecule has 1 aliphatic carbocycles. The molecular formula is C16H32N2O. The molecule has 0 spiro atoms. The molecule has 2 rings (SSSR count). The van der Waals surface area contributed by atoms with E-state index in [0.29, 0.717) is 6.04 Å². The Morgan fingerprint density at radius 1 is 1.16 bits per heavy atom. The lowest BCUT2D eigenvalue weighted by Crippen LogP contribution is -2.48. The summed E-state index contributed by atoms with van der Waals surface area (Å²) in [4.78, 5) is 0. The van der Waals surface area contributed by atoms with E-state index in [1.165, 1.54) is 45.1 Å². The minimum Gasteiger partial charge on any atom is -0.384 e. The van der Waals surface area contributed by atoms with E-state index < -0.39 is 0 Å². The van der Waals surface area contributed by atoms with Crippen LogP contribution < -0.4 is 10.6 Å². The van der Waals surface area contributed by atoms with E-state index in [1.807, 2.05) is 0 Å². The summed E-state index contributed by atoms with van der Waals surface area (Å²) < 4.78 is 5.31. The Balaban J connectivity index is 1.81. The summed E-state index contributed by atoms with van der Waals surface area (Å²) >= 11 is 0. The molecule has 2 N–H and O–H groups in total. The quantitative estimate of drug-likeness (QED) is 0.777. The molecule has 0 radical (unpaired) electrons. The molecule has 0 aromatic rings. The van der Waals surface area contributed by atoms with Crippen LogP contribution in [0, 0.1) is 11.3 Å². The molecule has 1 heterocycles. The molecule has 19 heavy (non-hydrogen) atoms. The van der Waals surface area contributed by atoms with Crippen molar-refractivity contribution < 1.29 is 4.74 Å². The van der Waals surface area contributed by atoms with E-state index >= 15 is 0 Å². The van der Waals surface area contributed by atoms with Gasteiger partial charge in [0.1, 0.15) is 0 Å². The highest BCUT2D eigenvalue weighted by molar-refractivity contribution is 4.93. The van der Waals surface area contributed by atoms with Gasteiger partial charge < -0.3 is 15.4 Å². The Bertz CT molecular complexity index is 261. The van der Waals surface area contributed by atoms with Crippen LogP contribution in [0.15, 0.2) is 0 Å². The van der Waals surface area contributed by atoms with Crippen molar-refractivity contribution in [2.75, 3.05) is 26.8 Å². The third kappa shape index (κ3) is 4.44. The van der Waals surface area contributed by atoms with Crippen molar-refractivity contribution in [3.8, 4) is 0 Å². The number of nitrogens with one attached hydrogen (secondary N) is 2. The molecule has 3 heteroatoms. The molecule has 0 bridgehead atoms. The van der Waals surface area contributed by atoms with Crippen LogP contribution in [0.1, 0.15) is 52.4 Å². The average molecular weight is 268 g/mol. The van der Waals surface area contributed by atoms with Crippen LogP contribution in [-0.4, -0.2) is 38.9 Å². The molecule has 1 aliphatic heterocycles. The fourth-order valence-corrected chi connectivity index (χ4v) is 3.82. The van der Waals surface area contributed by atoms with Gasteiger partial charge in [0.25, 0.3) is 0 Å². The number of rotatable bonds is 6. The predicted octanol–water partition coefficient (Wildman–Crippen LogP) is 2.56. The van der Waals surface area contributed by atoms with Crippen molar-refractivity contribution in [2.24, 2.45) is 11.3 Å².